The summed E-state index contributed by atoms with van der Waals surface area (Å²) in [5, 5.41) is 7.40. The number of thiazole rings is 1. The molecule has 0 radical (unpaired) electrons. The Labute approximate surface area is 259 Å². The average molecular weight is 636 g/mol. The summed E-state index contributed by atoms with van der Waals surface area (Å²) in [4.78, 5) is 31.5. The normalized spacial score (nSPS) is 18.0. The molecule has 240 valence electrons. The highest BCUT2D eigenvalue weighted by Gasteiger charge is 2.42. The predicted octanol–water partition coefficient (Wildman–Crippen LogP) is 6.96. The van der Waals surface area contributed by atoms with Crippen molar-refractivity contribution < 1.29 is 32.2 Å². The molecule has 0 unspecified atom stereocenters. The minimum atomic E-state index is -4.77. The number of alkyl halides is 3. The van der Waals surface area contributed by atoms with Crippen molar-refractivity contribution in [2.45, 2.75) is 77.2 Å². The van der Waals surface area contributed by atoms with E-state index in [0.29, 0.717) is 42.8 Å². The minimum Gasteiger partial charge on any atom is -0.490 e. The molecule has 2 amide bonds. The van der Waals surface area contributed by atoms with Crippen molar-refractivity contribution >= 4 is 40.3 Å². The second kappa shape index (κ2) is 13.9. The van der Waals surface area contributed by atoms with E-state index >= 15 is 0 Å². The van der Waals surface area contributed by atoms with Crippen molar-refractivity contribution in [3.8, 4) is 5.75 Å². The molecule has 1 aliphatic heterocycles. The lowest BCUT2D eigenvalue weighted by Crippen LogP contribution is -2.43. The number of carbonyl (C=O) groups is 2. The van der Waals surface area contributed by atoms with Crippen molar-refractivity contribution in [3.05, 3.63) is 52.6 Å². The number of hydrogen-bond donors (Lipinski definition) is 3. The lowest BCUT2D eigenvalue weighted by molar-refractivity contribution is -0.138. The fraction of sp³-hybridized carbons (Fsp3) is 0.516. The number of alkyl carbamates (subject to hydrolysis) is 1. The SMILES string of the molecule is C=C(/C=C\N)c1nc(C(=O)Nc2ccc(OC3CCCC3)c(C(F)(F)F)c2N2CCC[C@@H](CNC(=O)OC(C)(C)C)C2)cs1. The van der Waals surface area contributed by atoms with Crippen LogP contribution in [-0.2, 0) is 10.9 Å². The molecular formula is C31H40F3N5O4S. The Hall–Kier alpha value is -3.74. The van der Waals surface area contributed by atoms with Crippen LogP contribution in [0.15, 0.2) is 36.4 Å². The van der Waals surface area contributed by atoms with E-state index in [-0.39, 0.29) is 47.9 Å². The summed E-state index contributed by atoms with van der Waals surface area (Å²) < 4.78 is 56.0. The first-order chi connectivity index (χ1) is 20.7. The van der Waals surface area contributed by atoms with Crippen molar-refractivity contribution in [2.75, 3.05) is 29.9 Å². The summed E-state index contributed by atoms with van der Waals surface area (Å²) in [6.45, 7) is 9.90. The van der Waals surface area contributed by atoms with Crippen LogP contribution in [0.5, 0.6) is 5.75 Å². The number of carbonyl (C=O) groups excluding carboxylic acids is 2. The van der Waals surface area contributed by atoms with Gasteiger partial charge in [0.05, 0.1) is 17.5 Å². The molecule has 1 saturated heterocycles. The molecule has 4 rings (SSSR count). The van der Waals surface area contributed by atoms with Crippen LogP contribution in [0.25, 0.3) is 5.57 Å². The quantitative estimate of drug-likeness (QED) is 0.255. The largest absolute Gasteiger partial charge is 0.490 e. The molecule has 2 aromatic rings. The number of amides is 2. The molecule has 1 aromatic carbocycles. The smallest absolute Gasteiger partial charge is 0.422 e. The number of nitrogens with two attached hydrogens (primary N) is 1. The molecule has 2 fully saturated rings. The Bertz CT molecular complexity index is 1380. The fourth-order valence-corrected chi connectivity index (χ4v) is 6.19. The van der Waals surface area contributed by atoms with E-state index in [1.54, 1.807) is 31.7 Å². The average Bonchev–Trinajstić information content (AvgIpc) is 3.64. The van der Waals surface area contributed by atoms with Gasteiger partial charge in [0.2, 0.25) is 0 Å². The second-order valence-electron chi connectivity index (χ2n) is 12.1. The predicted molar refractivity (Wildman–Crippen MR) is 166 cm³/mol. The van der Waals surface area contributed by atoms with E-state index in [1.807, 2.05) is 0 Å². The van der Waals surface area contributed by atoms with E-state index in [9.17, 15) is 22.8 Å². The number of rotatable bonds is 9. The van der Waals surface area contributed by atoms with Crippen molar-refractivity contribution in [1.29, 1.82) is 0 Å². The van der Waals surface area contributed by atoms with E-state index in [2.05, 4.69) is 22.2 Å². The standard InChI is InChI=1S/C31H40F3N5O4S/c1-19(13-14-35)28-38-23(18-44-28)27(40)37-22-11-12-24(42-21-9-5-6-10-21)25(31(32,33)34)26(22)39-15-7-8-20(17-39)16-36-29(41)43-30(2,3)4/h11-14,18,20-21H,1,5-10,15-17,35H2,2-4H3,(H,36,41)(H,37,40)/b14-13-/t20-/m0/s1. The third kappa shape index (κ3) is 8.67. The number of allylic oxidation sites excluding steroid dienone is 2. The van der Waals surface area contributed by atoms with Gasteiger partial charge in [0.25, 0.3) is 5.91 Å². The molecule has 0 bridgehead atoms. The van der Waals surface area contributed by atoms with Gasteiger partial charge in [-0.3, -0.25) is 4.79 Å². The first-order valence-electron chi connectivity index (χ1n) is 14.7. The van der Waals surface area contributed by atoms with Crippen molar-refractivity contribution in [3.63, 3.8) is 0 Å². The maximum atomic E-state index is 14.9. The number of anilines is 2. The van der Waals surface area contributed by atoms with Gasteiger partial charge < -0.3 is 30.7 Å². The monoisotopic (exact) mass is 635 g/mol. The summed E-state index contributed by atoms with van der Waals surface area (Å²) >= 11 is 1.17. The highest BCUT2D eigenvalue weighted by atomic mass is 32.1. The molecule has 1 aliphatic carbocycles. The molecule has 1 aromatic heterocycles. The van der Waals surface area contributed by atoms with Gasteiger partial charge in [-0.25, -0.2) is 9.78 Å². The first kappa shape index (κ1) is 33.2. The number of hydrogen-bond acceptors (Lipinski definition) is 8. The van der Waals surface area contributed by atoms with Crippen LogP contribution in [0.2, 0.25) is 0 Å². The van der Waals surface area contributed by atoms with Crippen LogP contribution in [0.1, 0.15) is 80.4 Å². The number of piperidine rings is 1. The van der Waals surface area contributed by atoms with Gasteiger partial charge >= 0.3 is 12.3 Å². The van der Waals surface area contributed by atoms with Crippen molar-refractivity contribution in [2.24, 2.45) is 11.7 Å². The zero-order valence-corrected chi connectivity index (χ0v) is 26.1. The fourth-order valence-electron chi connectivity index (χ4n) is 5.44. The van der Waals surface area contributed by atoms with Gasteiger partial charge in [-0.15, -0.1) is 11.3 Å². The highest BCUT2D eigenvalue weighted by molar-refractivity contribution is 7.11. The molecule has 4 N–H and O–H groups in total. The van der Waals surface area contributed by atoms with Crippen molar-refractivity contribution in [1.82, 2.24) is 10.3 Å². The molecule has 1 atom stereocenters. The zero-order valence-electron chi connectivity index (χ0n) is 25.3. The van der Waals surface area contributed by atoms with E-state index in [0.717, 1.165) is 12.8 Å². The number of ether oxygens (including phenoxy) is 2. The zero-order chi connectivity index (χ0) is 32.1. The molecule has 0 spiro atoms. The minimum absolute atomic E-state index is 0.00270. The van der Waals surface area contributed by atoms with Crippen LogP contribution in [0, 0.1) is 5.92 Å². The first-order valence-corrected chi connectivity index (χ1v) is 15.6. The second-order valence-corrected chi connectivity index (χ2v) is 12.9. The molecule has 44 heavy (non-hydrogen) atoms. The van der Waals surface area contributed by atoms with Crippen LogP contribution in [0.3, 0.4) is 0 Å². The van der Waals surface area contributed by atoms with Crippen LogP contribution in [0.4, 0.5) is 29.3 Å². The van der Waals surface area contributed by atoms with Crippen LogP contribution >= 0.6 is 11.3 Å². The Balaban J connectivity index is 1.67. The third-order valence-electron chi connectivity index (χ3n) is 7.35. The summed E-state index contributed by atoms with van der Waals surface area (Å²) in [5.41, 5.74) is 4.21. The maximum absolute atomic E-state index is 14.9. The molecule has 13 heteroatoms. The number of nitrogens with zero attached hydrogens (tertiary/aromatic N) is 2. The lowest BCUT2D eigenvalue weighted by Gasteiger charge is -2.37. The van der Waals surface area contributed by atoms with Gasteiger partial charge in [-0.2, -0.15) is 13.2 Å². The molecule has 1 saturated carbocycles. The van der Waals surface area contributed by atoms with E-state index in [4.69, 9.17) is 15.2 Å². The van der Waals surface area contributed by atoms with Crippen LogP contribution < -0.4 is 26.0 Å². The van der Waals surface area contributed by atoms with Gasteiger partial charge in [0, 0.05) is 30.6 Å². The Morgan fingerprint density at radius 3 is 2.57 bits per heavy atom. The van der Waals surface area contributed by atoms with Gasteiger partial charge in [0.15, 0.2) is 0 Å². The number of halogens is 3. The number of benzene rings is 1. The number of nitrogens with one attached hydrogen (secondary N) is 2. The van der Waals surface area contributed by atoms with Gasteiger partial charge in [-0.1, -0.05) is 6.58 Å². The molecule has 2 aliphatic rings. The number of aromatic nitrogens is 1. The molecule has 9 nitrogen and oxygen atoms in total. The van der Waals surface area contributed by atoms with Crippen LogP contribution in [-0.4, -0.2) is 48.3 Å². The van der Waals surface area contributed by atoms with Gasteiger partial charge in [-0.05, 0) is 89.6 Å². The summed E-state index contributed by atoms with van der Waals surface area (Å²) in [7, 11) is 0. The topological polar surface area (TPSA) is 119 Å². The summed E-state index contributed by atoms with van der Waals surface area (Å²) in [6, 6.07) is 2.74. The van der Waals surface area contributed by atoms with E-state index in [1.165, 1.54) is 35.0 Å². The highest BCUT2D eigenvalue weighted by Crippen LogP contribution is 2.48. The Morgan fingerprint density at radius 2 is 1.91 bits per heavy atom. The van der Waals surface area contributed by atoms with E-state index < -0.39 is 29.3 Å². The molecular weight excluding hydrogens is 595 g/mol. The third-order valence-corrected chi connectivity index (χ3v) is 8.26. The summed E-state index contributed by atoms with van der Waals surface area (Å²) in [5.74, 6) is -1.06. The van der Waals surface area contributed by atoms with Gasteiger partial charge in [0.1, 0.15) is 27.6 Å². The summed E-state index contributed by atoms with van der Waals surface area (Å²) in [6.07, 6.45) is 1.64. The molecule has 2 heterocycles. The Kier molecular flexibility index (Phi) is 10.5. The Morgan fingerprint density at radius 1 is 1.18 bits per heavy atom. The maximum Gasteiger partial charge on any atom is 0.422 e. The lowest BCUT2D eigenvalue weighted by atomic mass is 9.96.